The average Bonchev–Trinajstić information content (AvgIpc) is 2.59. The van der Waals surface area contributed by atoms with Crippen molar-refractivity contribution in [2.24, 2.45) is 5.10 Å². The first-order chi connectivity index (χ1) is 5.86. The van der Waals surface area contributed by atoms with Gasteiger partial charge in [-0.25, -0.2) is 4.68 Å². The van der Waals surface area contributed by atoms with Gasteiger partial charge in [-0.15, -0.1) is 10.2 Å². The second kappa shape index (κ2) is 4.58. The highest BCUT2D eigenvalue weighted by Gasteiger charge is 1.98. The lowest BCUT2D eigenvalue weighted by Crippen LogP contribution is -2.14. The second-order valence-electron chi connectivity index (χ2n) is 1.95. The Morgan fingerprint density at radius 1 is 1.33 bits per heavy atom. The fraction of sp³-hybridized carbons (Fsp3) is 0.500. The Hall–Kier alpha value is -1.27. The standard InChI is InChI=1S/C6H10N4O2/c1-11-6(12-2)3-9-10-4-7-8-5-10/h3-6H,1-2H3/b9-3+. The number of rotatable bonds is 4. The van der Waals surface area contributed by atoms with Crippen LogP contribution in [0.25, 0.3) is 0 Å². The predicted octanol–water partition coefficient (Wildman–Crippen LogP) is -0.269. The van der Waals surface area contributed by atoms with Gasteiger partial charge in [-0.05, 0) is 0 Å². The highest BCUT2D eigenvalue weighted by molar-refractivity contribution is 5.60. The minimum atomic E-state index is -0.438. The third-order valence-electron chi connectivity index (χ3n) is 1.19. The zero-order valence-corrected chi connectivity index (χ0v) is 6.91. The van der Waals surface area contributed by atoms with Crippen LogP contribution in [-0.4, -0.2) is 41.6 Å². The van der Waals surface area contributed by atoms with Crippen LogP contribution in [0.2, 0.25) is 0 Å². The molecule has 0 fully saturated rings. The SMILES string of the molecule is COC(/C=N/n1cnnc1)OC. The van der Waals surface area contributed by atoms with Crippen LogP contribution in [0.5, 0.6) is 0 Å². The monoisotopic (exact) mass is 170 g/mol. The van der Waals surface area contributed by atoms with Gasteiger partial charge in [-0.1, -0.05) is 0 Å². The lowest BCUT2D eigenvalue weighted by atomic mass is 10.7. The molecule has 0 saturated carbocycles. The summed E-state index contributed by atoms with van der Waals surface area (Å²) in [6.07, 6.45) is 4.01. The van der Waals surface area contributed by atoms with Gasteiger partial charge in [-0.3, -0.25) is 0 Å². The maximum Gasteiger partial charge on any atom is 0.195 e. The molecule has 0 radical (unpaired) electrons. The molecule has 66 valence electrons. The summed E-state index contributed by atoms with van der Waals surface area (Å²) in [5.41, 5.74) is 0. The number of aromatic nitrogens is 3. The maximum atomic E-state index is 4.87. The molecule has 6 nitrogen and oxygen atoms in total. The summed E-state index contributed by atoms with van der Waals surface area (Å²) >= 11 is 0. The van der Waals surface area contributed by atoms with E-state index in [1.807, 2.05) is 0 Å². The topological polar surface area (TPSA) is 61.5 Å². The molecule has 0 aromatic carbocycles. The quantitative estimate of drug-likeness (QED) is 0.461. The summed E-state index contributed by atoms with van der Waals surface area (Å²) in [5.74, 6) is 0. The van der Waals surface area contributed by atoms with E-state index in [1.165, 1.54) is 37.8 Å². The van der Waals surface area contributed by atoms with Crippen molar-refractivity contribution in [1.82, 2.24) is 14.9 Å². The van der Waals surface area contributed by atoms with Gasteiger partial charge in [0.25, 0.3) is 0 Å². The predicted molar refractivity (Wildman–Crippen MR) is 41.7 cm³/mol. The number of hydrogen-bond donors (Lipinski definition) is 0. The molecular weight excluding hydrogens is 160 g/mol. The minimum absolute atomic E-state index is 0.438. The van der Waals surface area contributed by atoms with Crippen molar-refractivity contribution < 1.29 is 9.47 Å². The Bertz CT molecular complexity index is 230. The van der Waals surface area contributed by atoms with Gasteiger partial charge >= 0.3 is 0 Å². The molecule has 6 heteroatoms. The van der Waals surface area contributed by atoms with Gasteiger partial charge in [0.15, 0.2) is 6.29 Å². The Morgan fingerprint density at radius 2 is 1.92 bits per heavy atom. The molecule has 12 heavy (non-hydrogen) atoms. The number of hydrogen-bond acceptors (Lipinski definition) is 5. The van der Waals surface area contributed by atoms with Gasteiger partial charge in [0, 0.05) is 14.2 Å². The van der Waals surface area contributed by atoms with Crippen molar-refractivity contribution in [2.75, 3.05) is 14.2 Å². The summed E-state index contributed by atoms with van der Waals surface area (Å²) in [4.78, 5) is 0. The summed E-state index contributed by atoms with van der Waals surface area (Å²) in [6, 6.07) is 0. The summed E-state index contributed by atoms with van der Waals surface area (Å²) in [6.45, 7) is 0. The van der Waals surface area contributed by atoms with Crippen LogP contribution in [0.4, 0.5) is 0 Å². The van der Waals surface area contributed by atoms with Crippen molar-refractivity contribution in [3.05, 3.63) is 12.7 Å². The molecule has 0 bridgehead atoms. The molecule has 0 atom stereocenters. The molecule has 1 aromatic heterocycles. The minimum Gasteiger partial charge on any atom is -0.351 e. The fourth-order valence-electron chi connectivity index (χ4n) is 0.604. The second-order valence-corrected chi connectivity index (χ2v) is 1.95. The van der Waals surface area contributed by atoms with E-state index in [1.54, 1.807) is 0 Å². The van der Waals surface area contributed by atoms with E-state index in [0.29, 0.717) is 0 Å². The van der Waals surface area contributed by atoms with E-state index in [-0.39, 0.29) is 0 Å². The van der Waals surface area contributed by atoms with Crippen molar-refractivity contribution in [2.45, 2.75) is 6.29 Å². The van der Waals surface area contributed by atoms with Crippen LogP contribution in [0.3, 0.4) is 0 Å². The van der Waals surface area contributed by atoms with Gasteiger partial charge in [0.05, 0.1) is 6.21 Å². The van der Waals surface area contributed by atoms with Crippen LogP contribution in [0.15, 0.2) is 17.8 Å². The van der Waals surface area contributed by atoms with Crippen molar-refractivity contribution >= 4 is 6.21 Å². The highest BCUT2D eigenvalue weighted by atomic mass is 16.7. The normalized spacial score (nSPS) is 11.6. The van der Waals surface area contributed by atoms with Gasteiger partial charge in [-0.2, -0.15) is 5.10 Å². The van der Waals surface area contributed by atoms with E-state index in [9.17, 15) is 0 Å². The molecule has 0 unspecified atom stereocenters. The van der Waals surface area contributed by atoms with Crippen LogP contribution in [0, 0.1) is 0 Å². The Balaban J connectivity index is 2.49. The van der Waals surface area contributed by atoms with Crippen molar-refractivity contribution in [3.8, 4) is 0 Å². The third-order valence-corrected chi connectivity index (χ3v) is 1.19. The van der Waals surface area contributed by atoms with Crippen molar-refractivity contribution in [3.63, 3.8) is 0 Å². The first-order valence-electron chi connectivity index (χ1n) is 3.31. The molecule has 1 rings (SSSR count). The zero-order valence-electron chi connectivity index (χ0n) is 6.91. The van der Waals surface area contributed by atoms with Gasteiger partial charge in [0.2, 0.25) is 0 Å². The fourth-order valence-corrected chi connectivity index (χ4v) is 0.604. The zero-order chi connectivity index (χ0) is 8.81. The lowest BCUT2D eigenvalue weighted by Gasteiger charge is -2.05. The van der Waals surface area contributed by atoms with Crippen LogP contribution >= 0.6 is 0 Å². The highest BCUT2D eigenvalue weighted by Crippen LogP contribution is 1.87. The molecule has 1 heterocycles. The van der Waals surface area contributed by atoms with Crippen LogP contribution in [0.1, 0.15) is 0 Å². The van der Waals surface area contributed by atoms with Crippen LogP contribution in [-0.2, 0) is 9.47 Å². The third kappa shape index (κ3) is 2.40. The van der Waals surface area contributed by atoms with Gasteiger partial charge in [0.1, 0.15) is 12.7 Å². The Kier molecular flexibility index (Phi) is 3.36. The number of nitrogens with zero attached hydrogens (tertiary/aromatic N) is 4. The molecule has 0 aliphatic rings. The summed E-state index contributed by atoms with van der Waals surface area (Å²) in [7, 11) is 3.07. The Labute approximate surface area is 69.8 Å². The average molecular weight is 170 g/mol. The van der Waals surface area contributed by atoms with E-state index >= 15 is 0 Å². The van der Waals surface area contributed by atoms with Gasteiger partial charge < -0.3 is 9.47 Å². The largest absolute Gasteiger partial charge is 0.351 e. The molecule has 0 N–H and O–H groups in total. The number of ether oxygens (including phenoxy) is 2. The van der Waals surface area contributed by atoms with E-state index in [0.717, 1.165) is 0 Å². The molecule has 0 aliphatic heterocycles. The van der Waals surface area contributed by atoms with E-state index < -0.39 is 6.29 Å². The summed E-state index contributed by atoms with van der Waals surface area (Å²) in [5, 5.41) is 11.1. The van der Waals surface area contributed by atoms with Crippen LogP contribution < -0.4 is 0 Å². The Morgan fingerprint density at radius 3 is 2.42 bits per heavy atom. The van der Waals surface area contributed by atoms with Crippen molar-refractivity contribution in [1.29, 1.82) is 0 Å². The lowest BCUT2D eigenvalue weighted by molar-refractivity contribution is -0.0486. The molecule has 0 amide bonds. The summed E-state index contributed by atoms with van der Waals surface area (Å²) < 4.78 is 11.2. The molecule has 0 aliphatic carbocycles. The van der Waals surface area contributed by atoms with E-state index in [2.05, 4.69) is 15.3 Å². The first kappa shape index (κ1) is 8.82. The molecule has 0 spiro atoms. The maximum absolute atomic E-state index is 4.87. The smallest absolute Gasteiger partial charge is 0.195 e. The number of methoxy groups -OCH3 is 2. The molecular formula is C6H10N4O2. The van der Waals surface area contributed by atoms with E-state index in [4.69, 9.17) is 9.47 Å². The molecule has 1 aromatic rings. The molecule has 0 saturated heterocycles. The first-order valence-corrected chi connectivity index (χ1v) is 3.31.